The monoisotopic (exact) mass is 518 g/mol. The van der Waals surface area contributed by atoms with Gasteiger partial charge < -0.3 is 20.7 Å². The zero-order valence-electron chi connectivity index (χ0n) is 23.1. The molecule has 0 aliphatic carbocycles. The quantitative estimate of drug-likeness (QED) is 0.298. The Balaban J connectivity index is 1.90. The molecule has 202 valence electrons. The van der Waals surface area contributed by atoms with Gasteiger partial charge in [-0.15, -0.1) is 0 Å². The summed E-state index contributed by atoms with van der Waals surface area (Å²) in [6.45, 7) is 10.4. The summed E-state index contributed by atoms with van der Waals surface area (Å²) in [6, 6.07) is 10.5. The number of hydrogen-bond acceptors (Lipinski definition) is 7. The first-order chi connectivity index (χ1) is 18.0. The second-order valence-corrected chi connectivity index (χ2v) is 9.82. The number of nitrogens with one attached hydrogen (secondary N) is 3. The van der Waals surface area contributed by atoms with E-state index >= 15 is 0 Å². The number of aromatic nitrogens is 1. The minimum atomic E-state index is -0.648. The molecule has 0 radical (unpaired) electrons. The van der Waals surface area contributed by atoms with Crippen molar-refractivity contribution in [1.82, 2.24) is 15.2 Å². The molecule has 2 rings (SSSR count). The minimum absolute atomic E-state index is 0.244. The molecule has 0 saturated heterocycles. The number of ether oxygens (including phenoxy) is 1. The van der Waals surface area contributed by atoms with Crippen molar-refractivity contribution < 1.29 is 14.3 Å². The number of nitrogens with zero attached hydrogens (tertiary/aromatic N) is 3. The molecule has 0 bridgehead atoms. The fourth-order valence-corrected chi connectivity index (χ4v) is 3.17. The molecule has 1 heterocycles. The van der Waals surface area contributed by atoms with Crippen LogP contribution in [0.3, 0.4) is 0 Å². The molecule has 0 saturated carbocycles. The first-order valence-corrected chi connectivity index (χ1v) is 12.8. The van der Waals surface area contributed by atoms with Gasteiger partial charge >= 0.3 is 6.09 Å². The van der Waals surface area contributed by atoms with Crippen LogP contribution >= 0.6 is 0 Å². The highest BCUT2D eigenvalue weighted by Gasteiger charge is 2.26. The van der Waals surface area contributed by atoms with E-state index in [4.69, 9.17) is 10.00 Å². The molecule has 1 aromatic carbocycles. The Bertz CT molecular complexity index is 1190. The van der Waals surface area contributed by atoms with Gasteiger partial charge in [-0.25, -0.2) is 9.78 Å². The van der Waals surface area contributed by atoms with E-state index in [1.54, 1.807) is 53.1 Å². The highest BCUT2D eigenvalue weighted by molar-refractivity contribution is 5.85. The van der Waals surface area contributed by atoms with Crippen LogP contribution in [0.25, 0.3) is 0 Å². The van der Waals surface area contributed by atoms with E-state index in [-0.39, 0.29) is 5.91 Å². The lowest BCUT2D eigenvalue weighted by Gasteiger charge is -2.28. The van der Waals surface area contributed by atoms with Gasteiger partial charge in [-0.05, 0) is 64.8 Å². The van der Waals surface area contributed by atoms with E-state index in [1.165, 1.54) is 4.90 Å². The van der Waals surface area contributed by atoms with E-state index in [9.17, 15) is 9.59 Å². The normalized spacial score (nSPS) is 11.3. The standard InChI is InChI=1S/C29H38N6O3/c1-7-16-31-25-18-26(34-24-14-12-22(19-30)13-15-24)33-20-23(25)11-9-8-10-17-32-27(36)21(2)35(6)28(37)38-29(3,4)5/h12-15,18,20-21H,7-8,10,16-17H2,1-6H3,(H,32,36)(H2,31,33,34)/t21-/m0/s1. The Morgan fingerprint density at radius 3 is 2.53 bits per heavy atom. The van der Waals surface area contributed by atoms with E-state index in [1.807, 2.05) is 18.2 Å². The predicted octanol–water partition coefficient (Wildman–Crippen LogP) is 5.02. The molecule has 0 fully saturated rings. The summed E-state index contributed by atoms with van der Waals surface area (Å²) in [4.78, 5) is 30.3. The molecule has 1 atom stereocenters. The Morgan fingerprint density at radius 2 is 1.89 bits per heavy atom. The van der Waals surface area contributed by atoms with E-state index in [0.29, 0.717) is 30.8 Å². The number of hydrogen-bond donors (Lipinski definition) is 3. The topological polar surface area (TPSA) is 119 Å². The molecule has 9 nitrogen and oxygen atoms in total. The second kappa shape index (κ2) is 14.5. The van der Waals surface area contributed by atoms with Gasteiger partial charge in [0, 0.05) is 44.5 Å². The van der Waals surface area contributed by atoms with Crippen LogP contribution in [0.4, 0.5) is 22.0 Å². The molecular formula is C29H38N6O3. The lowest BCUT2D eigenvalue weighted by Crippen LogP contribution is -2.47. The molecule has 0 spiro atoms. The summed E-state index contributed by atoms with van der Waals surface area (Å²) in [5, 5.41) is 18.5. The molecule has 0 unspecified atom stereocenters. The van der Waals surface area contributed by atoms with Gasteiger partial charge in [-0.2, -0.15) is 5.26 Å². The SMILES string of the molecule is CCCNc1cc(Nc2ccc(C#N)cc2)ncc1C#CCCCNC(=O)[C@H](C)N(C)C(=O)OC(C)(C)C. The summed E-state index contributed by atoms with van der Waals surface area (Å²) < 4.78 is 5.31. The maximum absolute atomic E-state index is 12.4. The minimum Gasteiger partial charge on any atom is -0.444 e. The molecule has 1 aromatic heterocycles. The van der Waals surface area contributed by atoms with Crippen molar-refractivity contribution in [2.24, 2.45) is 0 Å². The van der Waals surface area contributed by atoms with Crippen molar-refractivity contribution in [1.29, 1.82) is 5.26 Å². The summed E-state index contributed by atoms with van der Waals surface area (Å²) in [5.74, 6) is 6.76. The van der Waals surface area contributed by atoms with Gasteiger partial charge in [0.2, 0.25) is 5.91 Å². The van der Waals surface area contributed by atoms with Gasteiger partial charge in [0.05, 0.1) is 22.9 Å². The van der Waals surface area contributed by atoms with Crippen molar-refractivity contribution in [2.75, 3.05) is 30.8 Å². The van der Waals surface area contributed by atoms with Crippen LogP contribution in [0.15, 0.2) is 36.5 Å². The van der Waals surface area contributed by atoms with Crippen LogP contribution in [0, 0.1) is 23.2 Å². The average molecular weight is 519 g/mol. The molecule has 9 heteroatoms. The summed E-state index contributed by atoms with van der Waals surface area (Å²) >= 11 is 0. The van der Waals surface area contributed by atoms with Crippen LogP contribution < -0.4 is 16.0 Å². The Morgan fingerprint density at radius 1 is 1.18 bits per heavy atom. The molecular weight excluding hydrogens is 480 g/mol. The molecule has 2 aromatic rings. The van der Waals surface area contributed by atoms with Gasteiger partial charge in [-0.1, -0.05) is 18.8 Å². The van der Waals surface area contributed by atoms with Gasteiger partial charge in [0.1, 0.15) is 17.5 Å². The third-order valence-electron chi connectivity index (χ3n) is 5.40. The number of carbonyl (C=O) groups is 2. The van der Waals surface area contributed by atoms with Crippen molar-refractivity contribution in [3.8, 4) is 17.9 Å². The van der Waals surface area contributed by atoms with Crippen LogP contribution in [-0.2, 0) is 9.53 Å². The van der Waals surface area contributed by atoms with Crippen molar-refractivity contribution in [3.05, 3.63) is 47.7 Å². The smallest absolute Gasteiger partial charge is 0.410 e. The molecule has 0 aliphatic rings. The first kappa shape index (κ1) is 30.0. The Hall–Kier alpha value is -4.24. The number of amides is 2. The highest BCUT2D eigenvalue weighted by Crippen LogP contribution is 2.21. The number of likely N-dealkylation sites (N-methyl/N-ethyl adjacent to an activating group) is 1. The number of nitriles is 1. The fraction of sp³-hybridized carbons (Fsp3) is 0.448. The van der Waals surface area contributed by atoms with E-state index < -0.39 is 17.7 Å². The maximum atomic E-state index is 12.4. The van der Waals surface area contributed by atoms with E-state index in [2.05, 4.69) is 45.8 Å². The molecule has 38 heavy (non-hydrogen) atoms. The summed E-state index contributed by atoms with van der Waals surface area (Å²) in [6.07, 6.45) is 3.42. The van der Waals surface area contributed by atoms with Crippen molar-refractivity contribution in [2.45, 2.75) is 65.5 Å². The number of anilines is 3. The zero-order valence-corrected chi connectivity index (χ0v) is 23.1. The number of rotatable bonds is 10. The van der Waals surface area contributed by atoms with Crippen molar-refractivity contribution in [3.63, 3.8) is 0 Å². The molecule has 2 amide bonds. The van der Waals surface area contributed by atoms with Gasteiger partial charge in [0.25, 0.3) is 0 Å². The fourth-order valence-electron chi connectivity index (χ4n) is 3.17. The Labute approximate surface area is 226 Å². The largest absolute Gasteiger partial charge is 0.444 e. The summed E-state index contributed by atoms with van der Waals surface area (Å²) in [5.41, 5.74) is 2.49. The maximum Gasteiger partial charge on any atom is 0.410 e. The van der Waals surface area contributed by atoms with Crippen molar-refractivity contribution >= 4 is 29.2 Å². The zero-order chi connectivity index (χ0) is 28.1. The van der Waals surface area contributed by atoms with Crippen LogP contribution in [-0.4, -0.2) is 53.7 Å². The number of carbonyl (C=O) groups excluding carboxylic acids is 2. The van der Waals surface area contributed by atoms with Crippen LogP contribution in [0.1, 0.15) is 65.0 Å². The third kappa shape index (κ3) is 10.0. The first-order valence-electron chi connectivity index (χ1n) is 12.8. The number of unbranched alkanes of at least 4 members (excludes halogenated alkanes) is 1. The second-order valence-electron chi connectivity index (χ2n) is 9.82. The van der Waals surface area contributed by atoms with E-state index in [0.717, 1.165) is 29.9 Å². The third-order valence-corrected chi connectivity index (χ3v) is 5.40. The van der Waals surface area contributed by atoms with Gasteiger partial charge in [-0.3, -0.25) is 9.69 Å². The van der Waals surface area contributed by atoms with Gasteiger partial charge in [0.15, 0.2) is 0 Å². The predicted molar refractivity (Wildman–Crippen MR) is 150 cm³/mol. The number of benzene rings is 1. The lowest BCUT2D eigenvalue weighted by molar-refractivity contribution is -0.125. The summed E-state index contributed by atoms with van der Waals surface area (Å²) in [7, 11) is 1.55. The van der Waals surface area contributed by atoms with Crippen LogP contribution in [0.2, 0.25) is 0 Å². The average Bonchev–Trinajstić information content (AvgIpc) is 2.88. The lowest BCUT2D eigenvalue weighted by atomic mass is 10.2. The van der Waals surface area contributed by atoms with Crippen LogP contribution in [0.5, 0.6) is 0 Å². The molecule has 0 aliphatic heterocycles. The molecule has 3 N–H and O–H groups in total. The Kier molecular flexibility index (Phi) is 11.4. The number of pyridine rings is 1. The highest BCUT2D eigenvalue weighted by atomic mass is 16.6.